The van der Waals surface area contributed by atoms with Gasteiger partial charge in [-0.15, -0.1) is 0 Å². The molecule has 0 aliphatic carbocycles. The Morgan fingerprint density at radius 3 is 3.00 bits per heavy atom. The molecule has 0 saturated heterocycles. The molecule has 0 aliphatic rings. The van der Waals surface area contributed by atoms with Crippen LogP contribution in [0.3, 0.4) is 0 Å². The molecule has 0 bridgehead atoms. The highest BCUT2D eigenvalue weighted by molar-refractivity contribution is 5.42. The Labute approximate surface area is 80.5 Å². The summed E-state index contributed by atoms with van der Waals surface area (Å²) in [7, 11) is 0. The molecule has 0 aliphatic heterocycles. The number of nitrogens with zero attached hydrogens (tertiary/aromatic N) is 1. The van der Waals surface area contributed by atoms with Gasteiger partial charge in [0.1, 0.15) is 0 Å². The molecule has 1 heteroatoms. The molecule has 70 valence electrons. The van der Waals surface area contributed by atoms with Crippen molar-refractivity contribution in [3.63, 3.8) is 0 Å². The van der Waals surface area contributed by atoms with E-state index in [1.165, 1.54) is 24.8 Å². The zero-order valence-electron chi connectivity index (χ0n) is 8.29. The lowest BCUT2D eigenvalue weighted by molar-refractivity contribution is 0.717. The number of rotatable bonds is 5. The van der Waals surface area contributed by atoms with E-state index in [4.69, 9.17) is 0 Å². The van der Waals surface area contributed by atoms with Crippen molar-refractivity contribution in [2.24, 2.45) is 0 Å². The summed E-state index contributed by atoms with van der Waals surface area (Å²) in [4.78, 5) is 4.17. The maximum atomic E-state index is 4.17. The number of unbranched alkanes of at least 4 members (excludes halogenated alkanes) is 2. The Morgan fingerprint density at radius 1 is 1.46 bits per heavy atom. The van der Waals surface area contributed by atoms with Crippen LogP contribution in [0.15, 0.2) is 24.9 Å². The van der Waals surface area contributed by atoms with Gasteiger partial charge >= 0.3 is 0 Å². The lowest BCUT2D eigenvalue weighted by Crippen LogP contribution is -1.88. The molecular formula is C12H17N. The van der Waals surface area contributed by atoms with Gasteiger partial charge in [0, 0.05) is 6.20 Å². The van der Waals surface area contributed by atoms with Crippen molar-refractivity contribution < 1.29 is 0 Å². The fourth-order valence-electron chi connectivity index (χ4n) is 1.34. The van der Waals surface area contributed by atoms with Gasteiger partial charge in [0.15, 0.2) is 0 Å². The van der Waals surface area contributed by atoms with Crippen molar-refractivity contribution in [1.82, 2.24) is 4.98 Å². The number of hydrogen-bond donors (Lipinski definition) is 0. The summed E-state index contributed by atoms with van der Waals surface area (Å²) in [6.07, 6.45) is 8.68. The molecule has 1 heterocycles. The Balaban J connectivity index is 2.51. The minimum absolute atomic E-state index is 0.981. The monoisotopic (exact) mass is 175 g/mol. The third kappa shape index (κ3) is 3.41. The average molecular weight is 175 g/mol. The Hall–Kier alpha value is -1.11. The molecule has 1 aromatic rings. The molecule has 0 amide bonds. The molecule has 0 atom stereocenters. The molecule has 0 fully saturated rings. The van der Waals surface area contributed by atoms with Crippen molar-refractivity contribution in [3.8, 4) is 0 Å². The second-order valence-corrected chi connectivity index (χ2v) is 3.25. The molecule has 0 spiro atoms. The van der Waals surface area contributed by atoms with Crippen LogP contribution < -0.4 is 0 Å². The molecule has 13 heavy (non-hydrogen) atoms. The van der Waals surface area contributed by atoms with E-state index < -0.39 is 0 Å². The second kappa shape index (κ2) is 5.52. The van der Waals surface area contributed by atoms with Gasteiger partial charge in [-0.1, -0.05) is 26.3 Å². The van der Waals surface area contributed by atoms with E-state index in [0.29, 0.717) is 0 Å². The van der Waals surface area contributed by atoms with Crippen molar-refractivity contribution in [2.45, 2.75) is 32.6 Å². The van der Waals surface area contributed by atoms with Gasteiger partial charge in [-0.25, -0.2) is 0 Å². The predicted octanol–water partition coefficient (Wildman–Crippen LogP) is 3.46. The highest BCUT2D eigenvalue weighted by Crippen LogP contribution is 2.07. The number of aromatic nitrogens is 1. The highest BCUT2D eigenvalue weighted by Gasteiger charge is 1.94. The first kappa shape index (κ1) is 9.97. The van der Waals surface area contributed by atoms with E-state index in [-0.39, 0.29) is 0 Å². The molecule has 0 radical (unpaired) electrons. The predicted molar refractivity (Wildman–Crippen MR) is 57.6 cm³/mol. The van der Waals surface area contributed by atoms with Gasteiger partial charge in [-0.3, -0.25) is 4.98 Å². The second-order valence-electron chi connectivity index (χ2n) is 3.25. The van der Waals surface area contributed by atoms with Crippen LogP contribution in [0.1, 0.15) is 37.4 Å². The Bertz CT molecular complexity index is 266. The van der Waals surface area contributed by atoms with Crippen molar-refractivity contribution >= 4 is 6.08 Å². The lowest BCUT2D eigenvalue weighted by atomic mass is 10.1. The lowest BCUT2D eigenvalue weighted by Gasteiger charge is -2.00. The van der Waals surface area contributed by atoms with Gasteiger partial charge in [0.05, 0.1) is 5.69 Å². The summed E-state index contributed by atoms with van der Waals surface area (Å²) < 4.78 is 0. The van der Waals surface area contributed by atoms with E-state index in [9.17, 15) is 0 Å². The minimum Gasteiger partial charge on any atom is -0.257 e. The molecule has 0 N–H and O–H groups in total. The molecular weight excluding hydrogens is 158 g/mol. The Kier molecular flexibility index (Phi) is 4.24. The largest absolute Gasteiger partial charge is 0.257 e. The molecule has 1 rings (SSSR count). The first-order valence-electron chi connectivity index (χ1n) is 4.94. The normalized spacial score (nSPS) is 9.92. The van der Waals surface area contributed by atoms with Crippen LogP contribution >= 0.6 is 0 Å². The third-order valence-electron chi connectivity index (χ3n) is 2.12. The molecule has 0 unspecified atom stereocenters. The van der Waals surface area contributed by atoms with Gasteiger partial charge < -0.3 is 0 Å². The topological polar surface area (TPSA) is 12.9 Å². The molecule has 0 saturated carbocycles. The quantitative estimate of drug-likeness (QED) is 0.624. The molecule has 0 aromatic carbocycles. The number of pyridine rings is 1. The zero-order chi connectivity index (χ0) is 9.52. The van der Waals surface area contributed by atoms with Crippen LogP contribution in [-0.2, 0) is 6.42 Å². The fourth-order valence-corrected chi connectivity index (χ4v) is 1.34. The SMILES string of the molecule is C=Cc1cc(CCCCC)ccn1. The summed E-state index contributed by atoms with van der Waals surface area (Å²) in [5.41, 5.74) is 2.35. The van der Waals surface area contributed by atoms with Gasteiger partial charge in [-0.2, -0.15) is 0 Å². The van der Waals surface area contributed by atoms with Crippen LogP contribution in [0, 0.1) is 0 Å². The molecule has 1 aromatic heterocycles. The zero-order valence-corrected chi connectivity index (χ0v) is 8.29. The number of aryl methyl sites for hydroxylation is 1. The van der Waals surface area contributed by atoms with E-state index >= 15 is 0 Å². The van der Waals surface area contributed by atoms with Crippen LogP contribution in [0.25, 0.3) is 6.08 Å². The van der Waals surface area contributed by atoms with Crippen LogP contribution in [-0.4, -0.2) is 4.98 Å². The number of hydrogen-bond acceptors (Lipinski definition) is 1. The van der Waals surface area contributed by atoms with E-state index in [1.54, 1.807) is 6.08 Å². The maximum Gasteiger partial charge on any atom is 0.0626 e. The summed E-state index contributed by atoms with van der Waals surface area (Å²) >= 11 is 0. The standard InChI is InChI=1S/C12H17N/c1-3-5-6-7-11-8-9-13-12(4-2)10-11/h4,8-10H,2-3,5-7H2,1H3. The summed E-state index contributed by atoms with van der Waals surface area (Å²) in [5, 5.41) is 0. The average Bonchev–Trinajstić information content (AvgIpc) is 2.19. The van der Waals surface area contributed by atoms with Gasteiger partial charge in [-0.05, 0) is 36.6 Å². The van der Waals surface area contributed by atoms with Crippen LogP contribution in [0.5, 0.6) is 0 Å². The summed E-state index contributed by atoms with van der Waals surface area (Å²) in [6.45, 7) is 5.93. The van der Waals surface area contributed by atoms with E-state index in [0.717, 1.165) is 12.1 Å². The minimum atomic E-state index is 0.981. The van der Waals surface area contributed by atoms with E-state index in [1.807, 2.05) is 6.20 Å². The van der Waals surface area contributed by atoms with Gasteiger partial charge in [0.2, 0.25) is 0 Å². The maximum absolute atomic E-state index is 4.17. The highest BCUT2D eigenvalue weighted by atomic mass is 14.6. The first-order valence-corrected chi connectivity index (χ1v) is 4.94. The summed E-state index contributed by atoms with van der Waals surface area (Å²) in [5.74, 6) is 0. The Morgan fingerprint density at radius 2 is 2.31 bits per heavy atom. The van der Waals surface area contributed by atoms with Crippen LogP contribution in [0.2, 0.25) is 0 Å². The van der Waals surface area contributed by atoms with E-state index in [2.05, 4.69) is 30.6 Å². The third-order valence-corrected chi connectivity index (χ3v) is 2.12. The fraction of sp³-hybridized carbons (Fsp3) is 0.417. The van der Waals surface area contributed by atoms with Crippen LogP contribution in [0.4, 0.5) is 0 Å². The first-order chi connectivity index (χ1) is 6.36. The van der Waals surface area contributed by atoms with Crippen molar-refractivity contribution in [3.05, 3.63) is 36.2 Å². The smallest absolute Gasteiger partial charge is 0.0626 e. The van der Waals surface area contributed by atoms with Crippen molar-refractivity contribution in [1.29, 1.82) is 0 Å². The summed E-state index contributed by atoms with van der Waals surface area (Å²) in [6, 6.07) is 4.20. The van der Waals surface area contributed by atoms with Crippen molar-refractivity contribution in [2.75, 3.05) is 0 Å². The van der Waals surface area contributed by atoms with Gasteiger partial charge in [0.25, 0.3) is 0 Å². The molecule has 1 nitrogen and oxygen atoms in total.